The van der Waals surface area contributed by atoms with Crippen molar-refractivity contribution < 1.29 is 13.6 Å². The Morgan fingerprint density at radius 2 is 2.09 bits per heavy atom. The Labute approximate surface area is 137 Å². The minimum absolute atomic E-state index is 0.0889. The maximum atomic E-state index is 12.1. The fraction of sp³-hybridized carbons (Fsp3) is 0.267. The zero-order valence-corrected chi connectivity index (χ0v) is 13.5. The molecule has 0 saturated carbocycles. The fourth-order valence-electron chi connectivity index (χ4n) is 1.98. The molecule has 0 aromatic carbocycles. The molecule has 0 unspecified atom stereocenters. The van der Waals surface area contributed by atoms with Gasteiger partial charge in [0.25, 0.3) is 0 Å². The van der Waals surface area contributed by atoms with E-state index in [9.17, 15) is 4.79 Å². The van der Waals surface area contributed by atoms with E-state index in [0.29, 0.717) is 29.0 Å². The Morgan fingerprint density at radius 3 is 2.78 bits per heavy atom. The van der Waals surface area contributed by atoms with Gasteiger partial charge in [-0.25, -0.2) is 0 Å². The van der Waals surface area contributed by atoms with Crippen molar-refractivity contribution in [1.82, 2.24) is 20.1 Å². The highest BCUT2D eigenvalue weighted by atomic mass is 32.2. The number of amides is 1. The number of nitrogens with zero attached hydrogens (tertiary/aromatic N) is 3. The fourth-order valence-corrected chi connectivity index (χ4v) is 2.82. The number of rotatable bonds is 6. The van der Waals surface area contributed by atoms with Gasteiger partial charge in [-0.3, -0.25) is 4.79 Å². The van der Waals surface area contributed by atoms with Gasteiger partial charge in [0.15, 0.2) is 16.7 Å². The number of hydrogen-bond acceptors (Lipinski definition) is 6. The van der Waals surface area contributed by atoms with Crippen molar-refractivity contribution in [3.05, 3.63) is 42.6 Å². The summed E-state index contributed by atoms with van der Waals surface area (Å²) in [6.07, 6.45) is 3.16. The zero-order chi connectivity index (χ0) is 16.2. The van der Waals surface area contributed by atoms with Crippen LogP contribution in [0.2, 0.25) is 0 Å². The molecule has 0 aliphatic heterocycles. The van der Waals surface area contributed by atoms with Crippen LogP contribution in [0.5, 0.6) is 0 Å². The molecule has 0 fully saturated rings. The predicted octanol–water partition coefficient (Wildman–Crippen LogP) is 2.47. The highest BCUT2D eigenvalue weighted by molar-refractivity contribution is 8.00. The molecular weight excluding hydrogens is 316 g/mol. The second kappa shape index (κ2) is 6.74. The topological polar surface area (TPSA) is 86.1 Å². The summed E-state index contributed by atoms with van der Waals surface area (Å²) in [7, 11) is 1.84. The third-order valence-corrected chi connectivity index (χ3v) is 4.38. The van der Waals surface area contributed by atoms with Crippen LogP contribution in [-0.2, 0) is 18.4 Å². The maximum absolute atomic E-state index is 12.1. The van der Waals surface area contributed by atoms with E-state index in [0.717, 1.165) is 0 Å². The first kappa shape index (κ1) is 15.4. The molecule has 3 heterocycles. The highest BCUT2D eigenvalue weighted by Crippen LogP contribution is 2.25. The van der Waals surface area contributed by atoms with Crippen LogP contribution < -0.4 is 5.32 Å². The number of furan rings is 2. The maximum Gasteiger partial charge on any atom is 0.233 e. The van der Waals surface area contributed by atoms with Gasteiger partial charge in [-0.2, -0.15) is 0 Å². The molecule has 3 aromatic heterocycles. The van der Waals surface area contributed by atoms with Crippen molar-refractivity contribution >= 4 is 17.7 Å². The molecule has 8 heteroatoms. The van der Waals surface area contributed by atoms with Crippen molar-refractivity contribution in [3.63, 3.8) is 0 Å². The number of carbonyl (C=O) groups excluding carboxylic acids is 1. The summed E-state index contributed by atoms with van der Waals surface area (Å²) in [6.45, 7) is 2.19. The van der Waals surface area contributed by atoms with Crippen LogP contribution in [0.3, 0.4) is 0 Å². The summed E-state index contributed by atoms with van der Waals surface area (Å²) in [6, 6.07) is 7.21. The Balaban J connectivity index is 1.61. The lowest BCUT2D eigenvalue weighted by Gasteiger charge is -2.10. The molecule has 0 spiro atoms. The molecule has 3 rings (SSSR count). The third-order valence-electron chi connectivity index (χ3n) is 3.24. The van der Waals surface area contributed by atoms with E-state index in [1.54, 1.807) is 29.2 Å². The van der Waals surface area contributed by atoms with Crippen LogP contribution in [0.4, 0.5) is 0 Å². The third kappa shape index (κ3) is 3.48. The van der Waals surface area contributed by atoms with Crippen LogP contribution in [0.15, 0.2) is 50.8 Å². The first-order valence-electron chi connectivity index (χ1n) is 7.05. The summed E-state index contributed by atoms with van der Waals surface area (Å²) in [5.74, 6) is 1.89. The van der Waals surface area contributed by atoms with Crippen molar-refractivity contribution in [1.29, 1.82) is 0 Å². The molecule has 0 saturated heterocycles. The minimum Gasteiger partial charge on any atom is -0.467 e. The van der Waals surface area contributed by atoms with Crippen molar-refractivity contribution in [2.24, 2.45) is 7.05 Å². The molecule has 1 N–H and O–H groups in total. The average molecular weight is 332 g/mol. The summed E-state index contributed by atoms with van der Waals surface area (Å²) in [4.78, 5) is 12.1. The molecule has 1 amide bonds. The van der Waals surface area contributed by atoms with E-state index in [-0.39, 0.29) is 11.2 Å². The number of thioether (sulfide) groups is 1. The van der Waals surface area contributed by atoms with Crippen LogP contribution in [0.25, 0.3) is 11.6 Å². The molecule has 0 bridgehead atoms. The van der Waals surface area contributed by atoms with Gasteiger partial charge in [0.2, 0.25) is 5.91 Å². The SMILES string of the molecule is C[C@@H](Sc1nnc(-c2ccco2)n1C)C(=O)NCc1ccco1. The lowest BCUT2D eigenvalue weighted by molar-refractivity contribution is -0.120. The molecular formula is C15H16N4O3S. The Hall–Kier alpha value is -2.48. The van der Waals surface area contributed by atoms with Gasteiger partial charge in [0, 0.05) is 7.05 Å². The van der Waals surface area contributed by atoms with E-state index < -0.39 is 0 Å². The normalized spacial score (nSPS) is 12.3. The first-order chi connectivity index (χ1) is 11.1. The highest BCUT2D eigenvalue weighted by Gasteiger charge is 2.20. The van der Waals surface area contributed by atoms with Crippen LogP contribution in [0.1, 0.15) is 12.7 Å². The Kier molecular flexibility index (Phi) is 4.52. The van der Waals surface area contributed by atoms with Gasteiger partial charge in [0.1, 0.15) is 5.76 Å². The van der Waals surface area contributed by atoms with Crippen LogP contribution >= 0.6 is 11.8 Å². The lowest BCUT2D eigenvalue weighted by Crippen LogP contribution is -2.30. The van der Waals surface area contributed by atoms with Crippen LogP contribution in [0, 0.1) is 0 Å². The van der Waals surface area contributed by atoms with E-state index in [2.05, 4.69) is 15.5 Å². The molecule has 3 aromatic rings. The largest absolute Gasteiger partial charge is 0.467 e. The number of hydrogen-bond donors (Lipinski definition) is 1. The number of aromatic nitrogens is 3. The number of carbonyl (C=O) groups is 1. The first-order valence-corrected chi connectivity index (χ1v) is 7.93. The molecule has 0 aliphatic rings. The quantitative estimate of drug-likeness (QED) is 0.698. The molecule has 120 valence electrons. The van der Waals surface area contributed by atoms with Gasteiger partial charge in [0.05, 0.1) is 24.3 Å². The van der Waals surface area contributed by atoms with Gasteiger partial charge < -0.3 is 18.7 Å². The smallest absolute Gasteiger partial charge is 0.233 e. The van der Waals surface area contributed by atoms with Gasteiger partial charge in [-0.05, 0) is 31.2 Å². The van der Waals surface area contributed by atoms with Crippen LogP contribution in [-0.4, -0.2) is 25.9 Å². The molecule has 23 heavy (non-hydrogen) atoms. The standard InChI is InChI=1S/C15H16N4O3S/c1-10(14(20)16-9-11-5-3-7-21-11)23-15-18-17-13(19(15)2)12-6-4-8-22-12/h3-8,10H,9H2,1-2H3,(H,16,20)/t10-/m1/s1. The second-order valence-corrected chi connectivity index (χ2v) is 6.21. The molecule has 0 radical (unpaired) electrons. The van der Waals surface area contributed by atoms with E-state index in [1.807, 2.05) is 26.1 Å². The Morgan fingerprint density at radius 1 is 1.30 bits per heavy atom. The summed E-state index contributed by atoms with van der Waals surface area (Å²) in [5, 5.41) is 11.4. The van der Waals surface area contributed by atoms with Gasteiger partial charge in [-0.15, -0.1) is 10.2 Å². The number of nitrogens with one attached hydrogen (secondary N) is 1. The van der Waals surface area contributed by atoms with Crippen molar-refractivity contribution in [2.45, 2.75) is 23.9 Å². The summed E-state index contributed by atoms with van der Waals surface area (Å²) in [5.41, 5.74) is 0. The zero-order valence-electron chi connectivity index (χ0n) is 12.7. The Bertz CT molecular complexity index is 765. The van der Waals surface area contributed by atoms with Gasteiger partial charge in [-0.1, -0.05) is 11.8 Å². The average Bonchev–Trinajstić information content (AvgIpc) is 3.27. The summed E-state index contributed by atoms with van der Waals surface area (Å²) >= 11 is 1.34. The van der Waals surface area contributed by atoms with E-state index in [1.165, 1.54) is 11.8 Å². The minimum atomic E-state index is -0.308. The predicted molar refractivity (Wildman–Crippen MR) is 84.6 cm³/mol. The van der Waals surface area contributed by atoms with E-state index in [4.69, 9.17) is 8.83 Å². The van der Waals surface area contributed by atoms with Crippen molar-refractivity contribution in [3.8, 4) is 11.6 Å². The molecule has 0 aliphatic carbocycles. The van der Waals surface area contributed by atoms with Crippen molar-refractivity contribution in [2.75, 3.05) is 0 Å². The monoisotopic (exact) mass is 332 g/mol. The lowest BCUT2D eigenvalue weighted by atomic mass is 10.4. The molecule has 7 nitrogen and oxygen atoms in total. The van der Waals surface area contributed by atoms with E-state index >= 15 is 0 Å². The molecule has 1 atom stereocenters. The second-order valence-electron chi connectivity index (χ2n) is 4.90. The van der Waals surface area contributed by atoms with Gasteiger partial charge >= 0.3 is 0 Å². The summed E-state index contributed by atoms with van der Waals surface area (Å²) < 4.78 is 12.3.